The van der Waals surface area contributed by atoms with Gasteiger partial charge in [0, 0.05) is 5.39 Å². The Kier molecular flexibility index (Phi) is 3.90. The average molecular weight is 283 g/mol. The molecule has 0 amide bonds. The molecule has 108 valence electrons. The molecule has 2 aromatic rings. The van der Waals surface area contributed by atoms with Gasteiger partial charge in [0.05, 0.1) is 6.10 Å². The number of ether oxygens (including phenoxy) is 1. The molecule has 2 N–H and O–H groups in total. The Hall–Kier alpha value is -1.75. The maximum Gasteiger partial charge on any atom is 0.407 e. The molecule has 20 heavy (non-hydrogen) atoms. The lowest BCUT2D eigenvalue weighted by Crippen LogP contribution is -2.28. The molecule has 5 heteroatoms. The number of hydrogen-bond donors (Lipinski definition) is 1. The highest BCUT2D eigenvalue weighted by atomic mass is 19.4. The summed E-state index contributed by atoms with van der Waals surface area (Å²) < 4.78 is 44.3. The van der Waals surface area contributed by atoms with Crippen molar-refractivity contribution in [1.29, 1.82) is 0 Å². The summed E-state index contributed by atoms with van der Waals surface area (Å²) in [5, 5.41) is 1.11. The monoisotopic (exact) mass is 283 g/mol. The van der Waals surface area contributed by atoms with Crippen LogP contribution in [0, 0.1) is 0 Å². The summed E-state index contributed by atoms with van der Waals surface area (Å²) in [6, 6.07) is 7.85. The molecule has 2 rings (SSSR count). The lowest BCUT2D eigenvalue weighted by Gasteiger charge is -2.20. The summed E-state index contributed by atoms with van der Waals surface area (Å²) in [6.45, 7) is 3.65. The van der Waals surface area contributed by atoms with Crippen molar-refractivity contribution in [2.45, 2.75) is 32.2 Å². The molecule has 2 nitrogen and oxygen atoms in total. The Morgan fingerprint density at radius 3 is 2.20 bits per heavy atom. The third kappa shape index (κ3) is 2.88. The van der Waals surface area contributed by atoms with Crippen molar-refractivity contribution in [2.75, 3.05) is 0 Å². The largest absolute Gasteiger partial charge is 0.490 e. The summed E-state index contributed by atoms with van der Waals surface area (Å²) in [6.07, 6.45) is -4.62. The van der Waals surface area contributed by atoms with Gasteiger partial charge in [-0.15, -0.1) is 0 Å². The number of nitrogens with two attached hydrogens (primary N) is 1. The summed E-state index contributed by atoms with van der Waals surface area (Å²) in [4.78, 5) is 0. The first-order valence-corrected chi connectivity index (χ1v) is 6.31. The van der Waals surface area contributed by atoms with Crippen molar-refractivity contribution in [3.8, 4) is 5.75 Å². The average Bonchev–Trinajstić information content (AvgIpc) is 2.35. The Morgan fingerprint density at radius 2 is 1.65 bits per heavy atom. The van der Waals surface area contributed by atoms with E-state index in [0.717, 1.165) is 0 Å². The van der Waals surface area contributed by atoms with E-state index in [9.17, 15) is 13.2 Å². The smallest absolute Gasteiger partial charge is 0.407 e. The van der Waals surface area contributed by atoms with Gasteiger partial charge in [-0.25, -0.2) is 0 Å². The molecule has 0 aliphatic heterocycles. The van der Waals surface area contributed by atoms with Gasteiger partial charge in [-0.1, -0.05) is 30.3 Å². The minimum Gasteiger partial charge on any atom is -0.490 e. The van der Waals surface area contributed by atoms with E-state index in [1.807, 2.05) is 13.8 Å². The van der Waals surface area contributed by atoms with Crippen molar-refractivity contribution in [3.05, 3.63) is 42.0 Å². The standard InChI is InChI=1S/C15H16F3NO/c1-9(2)20-12-8-4-6-10-5-3-7-11(13(10)12)14(19)15(16,17)18/h3-9,14H,19H2,1-2H3/t14-/m0/s1. The zero-order chi connectivity index (χ0) is 14.9. The van der Waals surface area contributed by atoms with Crippen LogP contribution in [0.4, 0.5) is 13.2 Å². The SMILES string of the molecule is CC(C)Oc1cccc2cccc([C@H](N)C(F)(F)F)c12. The molecule has 0 heterocycles. The zero-order valence-electron chi connectivity index (χ0n) is 11.2. The molecule has 0 aliphatic carbocycles. The zero-order valence-corrected chi connectivity index (χ0v) is 11.2. The Bertz CT molecular complexity index is 602. The third-order valence-corrected chi connectivity index (χ3v) is 2.95. The molecule has 0 fully saturated rings. The quantitative estimate of drug-likeness (QED) is 0.916. The van der Waals surface area contributed by atoms with Crippen LogP contribution in [-0.2, 0) is 0 Å². The van der Waals surface area contributed by atoms with E-state index >= 15 is 0 Å². The fourth-order valence-corrected chi connectivity index (χ4v) is 2.12. The van der Waals surface area contributed by atoms with Gasteiger partial charge in [-0.05, 0) is 30.9 Å². The molecule has 0 saturated carbocycles. The summed E-state index contributed by atoms with van der Waals surface area (Å²) in [5.41, 5.74) is 5.39. The molecular formula is C15H16F3NO. The first kappa shape index (κ1) is 14.7. The van der Waals surface area contributed by atoms with Crippen LogP contribution in [0.1, 0.15) is 25.5 Å². The second kappa shape index (κ2) is 5.32. The molecule has 0 saturated heterocycles. The Balaban J connectivity index is 2.66. The minimum atomic E-state index is -4.49. The molecule has 1 atom stereocenters. The number of alkyl halides is 3. The number of hydrogen-bond acceptors (Lipinski definition) is 2. The molecule has 0 spiro atoms. The molecule has 0 unspecified atom stereocenters. The second-order valence-electron chi connectivity index (χ2n) is 4.89. The molecule has 0 aromatic heterocycles. The molecular weight excluding hydrogens is 267 g/mol. The van der Waals surface area contributed by atoms with Gasteiger partial charge in [0.2, 0.25) is 0 Å². The predicted molar refractivity (Wildman–Crippen MR) is 72.7 cm³/mol. The van der Waals surface area contributed by atoms with Crippen LogP contribution in [0.3, 0.4) is 0 Å². The van der Waals surface area contributed by atoms with Gasteiger partial charge in [0.25, 0.3) is 0 Å². The van der Waals surface area contributed by atoms with E-state index in [1.165, 1.54) is 6.07 Å². The first-order valence-electron chi connectivity index (χ1n) is 6.31. The van der Waals surface area contributed by atoms with Crippen molar-refractivity contribution < 1.29 is 17.9 Å². The van der Waals surface area contributed by atoms with Crippen molar-refractivity contribution in [1.82, 2.24) is 0 Å². The van der Waals surface area contributed by atoms with Crippen LogP contribution < -0.4 is 10.5 Å². The van der Waals surface area contributed by atoms with Gasteiger partial charge in [-0.3, -0.25) is 0 Å². The predicted octanol–water partition coefficient (Wildman–Crippen LogP) is 4.19. The summed E-state index contributed by atoms with van der Waals surface area (Å²) in [5.74, 6) is 0.424. The van der Waals surface area contributed by atoms with E-state index in [2.05, 4.69) is 0 Å². The van der Waals surface area contributed by atoms with Crippen LogP contribution in [-0.4, -0.2) is 12.3 Å². The van der Waals surface area contributed by atoms with Crippen LogP contribution in [0.15, 0.2) is 36.4 Å². The molecule has 0 radical (unpaired) electrons. The highest BCUT2D eigenvalue weighted by Crippen LogP contribution is 2.38. The van der Waals surface area contributed by atoms with E-state index < -0.39 is 12.2 Å². The molecule has 2 aromatic carbocycles. The lowest BCUT2D eigenvalue weighted by atomic mass is 9.98. The van der Waals surface area contributed by atoms with Gasteiger partial charge >= 0.3 is 6.18 Å². The van der Waals surface area contributed by atoms with Crippen LogP contribution in [0.25, 0.3) is 10.8 Å². The lowest BCUT2D eigenvalue weighted by molar-refractivity contribution is -0.148. The van der Waals surface area contributed by atoms with Crippen LogP contribution in [0.2, 0.25) is 0 Å². The maximum absolute atomic E-state index is 12.9. The third-order valence-electron chi connectivity index (χ3n) is 2.95. The van der Waals surface area contributed by atoms with Crippen molar-refractivity contribution >= 4 is 10.8 Å². The Labute approximate surface area is 115 Å². The number of rotatable bonds is 3. The van der Waals surface area contributed by atoms with Crippen molar-refractivity contribution in [3.63, 3.8) is 0 Å². The van der Waals surface area contributed by atoms with E-state index in [0.29, 0.717) is 16.5 Å². The highest BCUT2D eigenvalue weighted by molar-refractivity contribution is 5.91. The number of halogens is 3. The van der Waals surface area contributed by atoms with E-state index in [4.69, 9.17) is 10.5 Å². The van der Waals surface area contributed by atoms with E-state index in [1.54, 1.807) is 30.3 Å². The van der Waals surface area contributed by atoms with Gasteiger partial charge in [-0.2, -0.15) is 13.2 Å². The first-order chi connectivity index (χ1) is 9.30. The second-order valence-corrected chi connectivity index (χ2v) is 4.89. The fraction of sp³-hybridized carbons (Fsp3) is 0.333. The van der Waals surface area contributed by atoms with E-state index in [-0.39, 0.29) is 11.7 Å². The molecule has 0 bridgehead atoms. The van der Waals surface area contributed by atoms with Crippen LogP contribution in [0.5, 0.6) is 5.75 Å². The van der Waals surface area contributed by atoms with Crippen molar-refractivity contribution in [2.24, 2.45) is 5.73 Å². The number of fused-ring (bicyclic) bond motifs is 1. The maximum atomic E-state index is 12.9. The van der Waals surface area contributed by atoms with Gasteiger partial charge < -0.3 is 10.5 Å². The highest BCUT2D eigenvalue weighted by Gasteiger charge is 2.39. The van der Waals surface area contributed by atoms with Gasteiger partial charge in [0.1, 0.15) is 11.8 Å². The summed E-state index contributed by atoms with van der Waals surface area (Å²) >= 11 is 0. The topological polar surface area (TPSA) is 35.2 Å². The van der Waals surface area contributed by atoms with Gasteiger partial charge in [0.15, 0.2) is 0 Å². The Morgan fingerprint density at radius 1 is 1.05 bits per heavy atom. The normalized spacial score (nSPS) is 13.8. The fourth-order valence-electron chi connectivity index (χ4n) is 2.12. The van der Waals surface area contributed by atoms with Crippen LogP contribution >= 0.6 is 0 Å². The minimum absolute atomic E-state index is 0.0336. The molecule has 0 aliphatic rings. The summed E-state index contributed by atoms with van der Waals surface area (Å²) in [7, 11) is 0. The number of benzene rings is 2.